The van der Waals surface area contributed by atoms with E-state index in [1.165, 1.54) is 0 Å². The van der Waals surface area contributed by atoms with Crippen molar-refractivity contribution < 1.29 is 4.42 Å². The first-order chi connectivity index (χ1) is 24.3. The average Bonchev–Trinajstić information content (AvgIpc) is 3.57. The van der Waals surface area contributed by atoms with Gasteiger partial charge in [-0.2, -0.15) is 0 Å². The second kappa shape index (κ2) is 12.2. The van der Waals surface area contributed by atoms with Crippen LogP contribution in [0.15, 0.2) is 180 Å². The lowest BCUT2D eigenvalue weighted by molar-refractivity contribution is 0.670. The second-order valence-electron chi connectivity index (χ2n) is 12.1. The summed E-state index contributed by atoms with van der Waals surface area (Å²) in [4.78, 5) is 15.4. The molecular weight excluding hydrogens is 599 g/mol. The maximum absolute atomic E-state index is 6.47. The largest absolute Gasteiger partial charge is 0.455 e. The highest BCUT2D eigenvalue weighted by molar-refractivity contribution is 6.11. The molecule has 0 N–H and O–H groups in total. The van der Waals surface area contributed by atoms with E-state index in [0.717, 1.165) is 72.0 Å². The van der Waals surface area contributed by atoms with Crippen molar-refractivity contribution in [1.29, 1.82) is 0 Å². The molecule has 9 rings (SSSR count). The number of fused-ring (bicyclic) bond motifs is 3. The highest BCUT2D eigenvalue weighted by Gasteiger charge is 2.19. The van der Waals surface area contributed by atoms with E-state index in [9.17, 15) is 0 Å². The Morgan fingerprint density at radius 3 is 1.31 bits per heavy atom. The third-order valence-corrected chi connectivity index (χ3v) is 8.89. The summed E-state index contributed by atoms with van der Waals surface area (Å²) in [5.74, 6) is 1.82. The predicted octanol–water partition coefficient (Wildman–Crippen LogP) is 11.8. The van der Waals surface area contributed by atoms with Crippen LogP contribution in [0.25, 0.3) is 89.5 Å². The van der Waals surface area contributed by atoms with Crippen LogP contribution in [-0.4, -0.2) is 15.0 Å². The molecule has 0 unspecified atom stereocenters. The van der Waals surface area contributed by atoms with Gasteiger partial charge < -0.3 is 4.42 Å². The SMILES string of the molecule is c1ccc(-c2cc(-c3ccccc3)cc(-c3nc(-c4ccccc4)nc(-c4cc(-c5ccccc5)c5oc6ccccc6c5c4)n3)c2)cc1. The van der Waals surface area contributed by atoms with Crippen LogP contribution < -0.4 is 0 Å². The predicted molar refractivity (Wildman–Crippen MR) is 200 cm³/mol. The van der Waals surface area contributed by atoms with Crippen LogP contribution in [0.5, 0.6) is 0 Å². The van der Waals surface area contributed by atoms with Crippen LogP contribution in [0.3, 0.4) is 0 Å². The zero-order valence-corrected chi connectivity index (χ0v) is 26.5. The molecule has 230 valence electrons. The smallest absolute Gasteiger partial charge is 0.164 e. The van der Waals surface area contributed by atoms with E-state index >= 15 is 0 Å². The molecule has 0 fully saturated rings. The van der Waals surface area contributed by atoms with Crippen molar-refractivity contribution >= 4 is 21.9 Å². The molecule has 0 radical (unpaired) electrons. The fraction of sp³-hybridized carbons (Fsp3) is 0. The Bertz CT molecular complexity index is 2520. The number of furan rings is 1. The van der Waals surface area contributed by atoms with Crippen molar-refractivity contribution in [3.8, 4) is 67.5 Å². The van der Waals surface area contributed by atoms with Gasteiger partial charge in [0.05, 0.1) is 0 Å². The molecule has 2 heterocycles. The topological polar surface area (TPSA) is 51.8 Å². The third kappa shape index (κ3) is 5.45. The van der Waals surface area contributed by atoms with Crippen molar-refractivity contribution in [2.75, 3.05) is 0 Å². The van der Waals surface area contributed by atoms with Crippen molar-refractivity contribution in [3.63, 3.8) is 0 Å². The van der Waals surface area contributed by atoms with E-state index in [-0.39, 0.29) is 0 Å². The maximum atomic E-state index is 6.47. The lowest BCUT2D eigenvalue weighted by Gasteiger charge is -2.13. The van der Waals surface area contributed by atoms with E-state index in [1.807, 2.05) is 66.7 Å². The Morgan fingerprint density at radius 1 is 0.306 bits per heavy atom. The molecular formula is C45H29N3O. The number of hydrogen-bond donors (Lipinski definition) is 0. The Kier molecular flexibility index (Phi) is 7.10. The minimum Gasteiger partial charge on any atom is -0.455 e. The molecule has 0 atom stereocenters. The number of benzene rings is 7. The summed E-state index contributed by atoms with van der Waals surface area (Å²) in [6.07, 6.45) is 0. The van der Waals surface area contributed by atoms with E-state index in [1.54, 1.807) is 0 Å². The fourth-order valence-corrected chi connectivity index (χ4v) is 6.49. The minimum absolute atomic E-state index is 0.597. The van der Waals surface area contributed by atoms with Gasteiger partial charge in [0.25, 0.3) is 0 Å². The number of aromatic nitrogens is 3. The Morgan fingerprint density at radius 2 is 0.735 bits per heavy atom. The van der Waals surface area contributed by atoms with Gasteiger partial charge >= 0.3 is 0 Å². The van der Waals surface area contributed by atoms with Crippen molar-refractivity contribution in [1.82, 2.24) is 15.0 Å². The summed E-state index contributed by atoms with van der Waals surface area (Å²) < 4.78 is 6.47. The first-order valence-electron chi connectivity index (χ1n) is 16.4. The molecule has 0 saturated carbocycles. The second-order valence-corrected chi connectivity index (χ2v) is 12.1. The Balaban J connectivity index is 1.31. The van der Waals surface area contributed by atoms with Gasteiger partial charge in [-0.15, -0.1) is 0 Å². The monoisotopic (exact) mass is 627 g/mol. The van der Waals surface area contributed by atoms with Crippen LogP contribution in [-0.2, 0) is 0 Å². The number of para-hydroxylation sites is 1. The zero-order valence-electron chi connectivity index (χ0n) is 26.5. The van der Waals surface area contributed by atoms with Crippen LogP contribution in [0, 0.1) is 0 Å². The molecule has 2 aromatic heterocycles. The van der Waals surface area contributed by atoms with E-state index in [2.05, 4.69) is 109 Å². The van der Waals surface area contributed by atoms with Gasteiger partial charge in [0.1, 0.15) is 11.2 Å². The maximum Gasteiger partial charge on any atom is 0.164 e. The summed E-state index contributed by atoms with van der Waals surface area (Å²) in [5, 5.41) is 2.07. The van der Waals surface area contributed by atoms with Gasteiger partial charge in [0, 0.05) is 33.0 Å². The number of nitrogens with zero attached hydrogens (tertiary/aromatic N) is 3. The van der Waals surface area contributed by atoms with Crippen LogP contribution in [0.1, 0.15) is 0 Å². The number of hydrogen-bond acceptors (Lipinski definition) is 4. The fourth-order valence-electron chi connectivity index (χ4n) is 6.49. The van der Waals surface area contributed by atoms with Gasteiger partial charge in [-0.3, -0.25) is 0 Å². The molecule has 4 heteroatoms. The van der Waals surface area contributed by atoms with Crippen molar-refractivity contribution in [3.05, 3.63) is 176 Å². The normalized spacial score (nSPS) is 11.3. The quantitative estimate of drug-likeness (QED) is 0.184. The molecule has 0 aliphatic carbocycles. The Hall–Kier alpha value is -6.65. The molecule has 0 spiro atoms. The molecule has 7 aromatic carbocycles. The van der Waals surface area contributed by atoms with E-state index < -0.39 is 0 Å². The standard InChI is InChI=1S/C45H29N3O/c1-5-15-30(16-6-1)34-25-35(31-17-7-2-8-18-31)27-36(26-34)44-46-43(33-21-11-4-12-22-33)47-45(48-44)37-28-39(32-19-9-3-10-20-32)42-40(29-37)38-23-13-14-24-41(38)49-42/h1-29H. The number of rotatable bonds is 6. The van der Waals surface area contributed by atoms with Gasteiger partial charge in [0.2, 0.25) is 0 Å². The summed E-state index contributed by atoms with van der Waals surface area (Å²) in [5.41, 5.74) is 10.9. The Labute approximate surface area is 284 Å². The molecule has 0 aliphatic rings. The highest BCUT2D eigenvalue weighted by Crippen LogP contribution is 2.40. The molecule has 0 amide bonds. The molecule has 0 saturated heterocycles. The molecule has 0 bridgehead atoms. The first kappa shape index (κ1) is 28.6. The van der Waals surface area contributed by atoms with E-state index in [0.29, 0.717) is 17.5 Å². The molecule has 9 aromatic rings. The van der Waals surface area contributed by atoms with E-state index in [4.69, 9.17) is 19.4 Å². The molecule has 49 heavy (non-hydrogen) atoms. The van der Waals surface area contributed by atoms with Gasteiger partial charge in [-0.25, -0.2) is 15.0 Å². The summed E-state index contributed by atoms with van der Waals surface area (Å²) in [6.45, 7) is 0. The molecule has 4 nitrogen and oxygen atoms in total. The van der Waals surface area contributed by atoms with Gasteiger partial charge in [-0.05, 0) is 64.2 Å². The van der Waals surface area contributed by atoms with Gasteiger partial charge in [0.15, 0.2) is 17.5 Å². The summed E-state index contributed by atoms with van der Waals surface area (Å²) >= 11 is 0. The molecule has 0 aliphatic heterocycles. The summed E-state index contributed by atoms with van der Waals surface area (Å²) in [7, 11) is 0. The average molecular weight is 628 g/mol. The van der Waals surface area contributed by atoms with Crippen molar-refractivity contribution in [2.45, 2.75) is 0 Å². The lowest BCUT2D eigenvalue weighted by Crippen LogP contribution is -2.01. The van der Waals surface area contributed by atoms with Crippen LogP contribution in [0.4, 0.5) is 0 Å². The lowest BCUT2D eigenvalue weighted by atomic mass is 9.95. The zero-order chi connectivity index (χ0) is 32.6. The third-order valence-electron chi connectivity index (χ3n) is 8.89. The van der Waals surface area contributed by atoms with Crippen LogP contribution in [0.2, 0.25) is 0 Å². The highest BCUT2D eigenvalue weighted by atomic mass is 16.3. The van der Waals surface area contributed by atoms with Crippen LogP contribution >= 0.6 is 0 Å². The summed E-state index contributed by atoms with van der Waals surface area (Å²) in [6, 6.07) is 60.4. The van der Waals surface area contributed by atoms with Crippen molar-refractivity contribution in [2.24, 2.45) is 0 Å². The first-order valence-corrected chi connectivity index (χ1v) is 16.4. The minimum atomic E-state index is 0.597. The van der Waals surface area contributed by atoms with Gasteiger partial charge in [-0.1, -0.05) is 140 Å².